The van der Waals surface area contributed by atoms with Crippen LogP contribution in [0.25, 0.3) is 0 Å². The van der Waals surface area contributed by atoms with E-state index in [1.807, 2.05) is 6.92 Å². The zero-order valence-electron chi connectivity index (χ0n) is 10.5. The summed E-state index contributed by atoms with van der Waals surface area (Å²) < 4.78 is 3.94. The fraction of sp³-hybridized carbons (Fsp3) is 0.727. The van der Waals surface area contributed by atoms with Crippen LogP contribution in [0.1, 0.15) is 30.3 Å². The van der Waals surface area contributed by atoms with Gasteiger partial charge in [-0.1, -0.05) is 16.6 Å². The second kappa shape index (κ2) is 5.55. The average Bonchev–Trinajstić information content (AvgIpc) is 2.89. The average molecular weight is 254 g/mol. The molecule has 2 rings (SSSR count). The van der Waals surface area contributed by atoms with E-state index >= 15 is 0 Å². The van der Waals surface area contributed by atoms with Crippen molar-refractivity contribution >= 4 is 17.2 Å². The summed E-state index contributed by atoms with van der Waals surface area (Å²) in [4.78, 5) is 8.86. The zero-order chi connectivity index (χ0) is 12.3. The normalized spacial score (nSPS) is 19.5. The van der Waals surface area contributed by atoms with Crippen molar-refractivity contribution in [2.75, 3.05) is 13.6 Å². The van der Waals surface area contributed by atoms with Crippen molar-refractivity contribution in [3.8, 4) is 0 Å². The van der Waals surface area contributed by atoms with Crippen LogP contribution in [-0.4, -0.2) is 39.9 Å². The number of likely N-dealkylation sites (N-methyl/N-ethyl adjacent to an activating group) is 1. The first-order valence-corrected chi connectivity index (χ1v) is 6.64. The third kappa shape index (κ3) is 3.23. The van der Waals surface area contributed by atoms with Crippen molar-refractivity contribution in [2.24, 2.45) is 5.16 Å². The molecule has 6 heteroatoms. The lowest BCUT2D eigenvalue weighted by molar-refractivity contribution is 0.0578. The van der Waals surface area contributed by atoms with Gasteiger partial charge in [0.25, 0.3) is 0 Å². The Morgan fingerprint density at radius 3 is 2.94 bits per heavy atom. The minimum Gasteiger partial charge on any atom is -0.391 e. The first-order chi connectivity index (χ1) is 8.19. The van der Waals surface area contributed by atoms with Crippen LogP contribution in [0.15, 0.2) is 5.16 Å². The van der Waals surface area contributed by atoms with Crippen LogP contribution in [-0.2, 0) is 11.4 Å². The van der Waals surface area contributed by atoms with Crippen molar-refractivity contribution in [3.63, 3.8) is 0 Å². The predicted molar refractivity (Wildman–Crippen MR) is 68.2 cm³/mol. The van der Waals surface area contributed by atoms with Gasteiger partial charge in [0.05, 0.1) is 16.3 Å². The van der Waals surface area contributed by atoms with E-state index in [0.29, 0.717) is 0 Å². The van der Waals surface area contributed by atoms with E-state index in [0.717, 1.165) is 31.6 Å². The minimum absolute atomic E-state index is 0.205. The third-order valence-corrected chi connectivity index (χ3v) is 3.68. The Bertz CT molecular complexity index is 404. The predicted octanol–water partition coefficient (Wildman–Crippen LogP) is 1.83. The summed E-state index contributed by atoms with van der Waals surface area (Å²) in [6.07, 6.45) is 2.15. The highest BCUT2D eigenvalue weighted by Crippen LogP contribution is 2.16. The van der Waals surface area contributed by atoms with E-state index in [2.05, 4.69) is 33.6 Å². The monoisotopic (exact) mass is 254 g/mol. The minimum atomic E-state index is 0.205. The van der Waals surface area contributed by atoms with Crippen molar-refractivity contribution in [1.29, 1.82) is 0 Å². The van der Waals surface area contributed by atoms with E-state index < -0.39 is 0 Å². The maximum Gasteiger partial charge on any atom is 0.145 e. The van der Waals surface area contributed by atoms with Crippen molar-refractivity contribution in [2.45, 2.75) is 39.3 Å². The second-order valence-electron chi connectivity index (χ2n) is 4.42. The Morgan fingerprint density at radius 2 is 2.35 bits per heavy atom. The number of rotatable bonds is 5. The Labute approximate surface area is 106 Å². The number of nitrogens with zero attached hydrogens (tertiary/aromatic N) is 4. The van der Waals surface area contributed by atoms with Crippen LogP contribution >= 0.6 is 11.5 Å². The highest BCUT2D eigenvalue weighted by molar-refractivity contribution is 7.05. The molecule has 1 aromatic rings. The van der Waals surface area contributed by atoms with E-state index in [9.17, 15) is 0 Å². The van der Waals surface area contributed by atoms with E-state index in [1.54, 1.807) is 0 Å². The first kappa shape index (κ1) is 12.4. The molecule has 0 aromatic carbocycles. The summed E-state index contributed by atoms with van der Waals surface area (Å²) in [6.45, 7) is 5.88. The van der Waals surface area contributed by atoms with Gasteiger partial charge < -0.3 is 4.84 Å². The third-order valence-electron chi connectivity index (χ3n) is 2.88. The molecule has 0 N–H and O–H groups in total. The highest BCUT2D eigenvalue weighted by Gasteiger charge is 2.21. The first-order valence-electron chi connectivity index (χ1n) is 5.87. The molecule has 17 heavy (non-hydrogen) atoms. The van der Waals surface area contributed by atoms with Gasteiger partial charge in [-0.05, 0) is 31.9 Å². The van der Waals surface area contributed by atoms with E-state index in [1.165, 1.54) is 22.1 Å². The largest absolute Gasteiger partial charge is 0.391 e. The molecule has 94 valence electrons. The van der Waals surface area contributed by atoms with Crippen molar-refractivity contribution in [1.82, 2.24) is 14.5 Å². The molecule has 0 unspecified atom stereocenters. The van der Waals surface area contributed by atoms with Gasteiger partial charge in [-0.2, -0.15) is 0 Å². The van der Waals surface area contributed by atoms with Crippen molar-refractivity contribution in [3.05, 3.63) is 10.6 Å². The van der Waals surface area contributed by atoms with Gasteiger partial charge in [-0.25, -0.2) is 0 Å². The fourth-order valence-corrected chi connectivity index (χ4v) is 2.56. The summed E-state index contributed by atoms with van der Waals surface area (Å²) in [7, 11) is 2.09. The lowest BCUT2D eigenvalue weighted by atomic mass is 10.1. The molecule has 0 aliphatic carbocycles. The lowest BCUT2D eigenvalue weighted by Crippen LogP contribution is -2.28. The quantitative estimate of drug-likeness (QED) is 0.804. The molecule has 0 fully saturated rings. The summed E-state index contributed by atoms with van der Waals surface area (Å²) in [5, 5.41) is 8.09. The maximum absolute atomic E-state index is 5.39. The Kier molecular flexibility index (Phi) is 4.06. The molecular weight excluding hydrogens is 236 g/mol. The van der Waals surface area contributed by atoms with Crippen LogP contribution in [0.4, 0.5) is 0 Å². The summed E-state index contributed by atoms with van der Waals surface area (Å²) in [5.41, 5.74) is 2.19. The van der Waals surface area contributed by atoms with Gasteiger partial charge in [-0.3, -0.25) is 4.90 Å². The molecule has 0 spiro atoms. The van der Waals surface area contributed by atoms with Gasteiger partial charge in [0, 0.05) is 19.5 Å². The van der Waals surface area contributed by atoms with Gasteiger partial charge >= 0.3 is 0 Å². The molecule has 0 saturated heterocycles. The number of aromatic nitrogens is 2. The number of oxime groups is 1. The molecule has 0 amide bonds. The van der Waals surface area contributed by atoms with Crippen LogP contribution in [0.3, 0.4) is 0 Å². The molecule has 0 saturated carbocycles. The van der Waals surface area contributed by atoms with Crippen LogP contribution in [0.2, 0.25) is 0 Å². The molecule has 1 aliphatic rings. The number of aryl methyl sites for hydroxylation is 1. The molecule has 0 radical (unpaired) electrons. The molecule has 1 aliphatic heterocycles. The number of hydrogen-bond donors (Lipinski definition) is 0. The molecule has 2 heterocycles. The standard InChI is InChI=1S/C11H18N4OS/c1-4-9-5-10(16-13-9)6-15(3)7-11-8(2)12-14-17-11/h10H,4-7H2,1-3H3/t10-/m0/s1. The van der Waals surface area contributed by atoms with Gasteiger partial charge in [-0.15, -0.1) is 5.10 Å². The molecule has 1 aromatic heterocycles. The molecule has 1 atom stereocenters. The SMILES string of the molecule is CCC1=NO[C@H](CN(C)Cc2snnc2C)C1. The highest BCUT2D eigenvalue weighted by atomic mass is 32.1. The molecular formula is C11H18N4OS. The van der Waals surface area contributed by atoms with Crippen LogP contribution in [0.5, 0.6) is 0 Å². The van der Waals surface area contributed by atoms with E-state index in [-0.39, 0.29) is 6.10 Å². The fourth-order valence-electron chi connectivity index (χ4n) is 1.85. The zero-order valence-corrected chi connectivity index (χ0v) is 11.3. The van der Waals surface area contributed by atoms with E-state index in [4.69, 9.17) is 4.84 Å². The summed E-state index contributed by atoms with van der Waals surface area (Å²) in [5.74, 6) is 0. The topological polar surface area (TPSA) is 50.6 Å². The Hall–Kier alpha value is -1.01. The smallest absolute Gasteiger partial charge is 0.145 e. The van der Waals surface area contributed by atoms with Crippen molar-refractivity contribution < 1.29 is 4.84 Å². The van der Waals surface area contributed by atoms with Crippen LogP contribution in [0, 0.1) is 6.92 Å². The molecule has 5 nitrogen and oxygen atoms in total. The lowest BCUT2D eigenvalue weighted by Gasteiger charge is -2.18. The summed E-state index contributed by atoms with van der Waals surface area (Å²) in [6, 6.07) is 0. The molecule has 0 bridgehead atoms. The Balaban J connectivity index is 1.79. The van der Waals surface area contributed by atoms with Gasteiger partial charge in [0.15, 0.2) is 0 Å². The van der Waals surface area contributed by atoms with Gasteiger partial charge in [0.1, 0.15) is 6.10 Å². The Morgan fingerprint density at radius 1 is 1.53 bits per heavy atom. The second-order valence-corrected chi connectivity index (χ2v) is 5.26. The number of hydrogen-bond acceptors (Lipinski definition) is 6. The van der Waals surface area contributed by atoms with Crippen LogP contribution < -0.4 is 0 Å². The maximum atomic E-state index is 5.39. The van der Waals surface area contributed by atoms with Gasteiger partial charge in [0.2, 0.25) is 0 Å². The summed E-state index contributed by atoms with van der Waals surface area (Å²) >= 11 is 1.47.